The Hall–Kier alpha value is -1.74. The first-order valence-electron chi connectivity index (χ1n) is 10.6. The largest absolute Gasteiger partial charge is 0.377 e. The summed E-state index contributed by atoms with van der Waals surface area (Å²) in [6.45, 7) is 6.26. The molecule has 2 atom stereocenters. The van der Waals surface area contributed by atoms with Crippen LogP contribution in [-0.2, 0) is 27.4 Å². The fourth-order valence-corrected chi connectivity index (χ4v) is 4.93. The van der Waals surface area contributed by atoms with Gasteiger partial charge in [-0.2, -0.15) is 0 Å². The molecule has 4 heterocycles. The molecule has 0 unspecified atom stereocenters. The van der Waals surface area contributed by atoms with Crippen LogP contribution in [0.2, 0.25) is 0 Å². The van der Waals surface area contributed by atoms with Crippen molar-refractivity contribution >= 4 is 5.91 Å². The van der Waals surface area contributed by atoms with Crippen molar-refractivity contribution in [2.45, 2.75) is 31.5 Å². The quantitative estimate of drug-likeness (QED) is 0.736. The highest BCUT2D eigenvalue weighted by molar-refractivity contribution is 5.77. The molecule has 8 heteroatoms. The minimum Gasteiger partial charge on any atom is -0.377 e. The second kappa shape index (κ2) is 8.95. The smallest absolute Gasteiger partial charge is 0.255 e. The van der Waals surface area contributed by atoms with E-state index in [9.17, 15) is 9.59 Å². The molecule has 8 nitrogen and oxygen atoms in total. The van der Waals surface area contributed by atoms with Gasteiger partial charge in [-0.05, 0) is 25.5 Å². The molecule has 2 bridgehead atoms. The Bertz CT molecular complexity index is 787. The Morgan fingerprint density at radius 2 is 1.97 bits per heavy atom. The molecule has 1 N–H and O–H groups in total. The highest BCUT2D eigenvalue weighted by Crippen LogP contribution is 2.36. The number of carbonyl (C=O) groups is 1. The van der Waals surface area contributed by atoms with Gasteiger partial charge in [0, 0.05) is 50.4 Å². The number of likely N-dealkylation sites (tertiary alicyclic amines) is 1. The van der Waals surface area contributed by atoms with E-state index < -0.39 is 0 Å². The van der Waals surface area contributed by atoms with Gasteiger partial charge in [0.15, 0.2) is 0 Å². The first-order valence-corrected chi connectivity index (χ1v) is 10.6. The van der Waals surface area contributed by atoms with Gasteiger partial charge in [0.1, 0.15) is 0 Å². The van der Waals surface area contributed by atoms with Crippen molar-refractivity contribution in [3.8, 4) is 0 Å². The van der Waals surface area contributed by atoms with Crippen LogP contribution in [0, 0.1) is 5.92 Å². The number of nitrogens with one attached hydrogen (secondary N) is 1. The lowest BCUT2D eigenvalue weighted by atomic mass is 9.82. The number of piperidine rings is 1. The Morgan fingerprint density at radius 3 is 2.69 bits per heavy atom. The van der Waals surface area contributed by atoms with Gasteiger partial charge in [-0.15, -0.1) is 0 Å². The molecular weight excluding hydrogens is 372 g/mol. The molecular formula is C21H32N4O4. The van der Waals surface area contributed by atoms with Crippen LogP contribution >= 0.6 is 0 Å². The minimum absolute atomic E-state index is 0.0494. The average Bonchev–Trinajstić information content (AvgIpc) is 3.00. The Labute approximate surface area is 171 Å². The predicted octanol–water partition coefficient (Wildman–Crippen LogP) is -0.139. The van der Waals surface area contributed by atoms with Crippen LogP contribution in [-0.4, -0.2) is 86.5 Å². The van der Waals surface area contributed by atoms with E-state index in [1.54, 1.807) is 7.05 Å². The maximum absolute atomic E-state index is 13.1. The highest BCUT2D eigenvalue weighted by Gasteiger charge is 2.37. The van der Waals surface area contributed by atoms with Crippen molar-refractivity contribution in [1.82, 2.24) is 19.7 Å². The summed E-state index contributed by atoms with van der Waals surface area (Å²) in [5.74, 6) is 0.795. The lowest BCUT2D eigenvalue weighted by Gasteiger charge is -2.45. The van der Waals surface area contributed by atoms with Crippen molar-refractivity contribution in [2.24, 2.45) is 5.92 Å². The molecule has 1 aromatic heterocycles. The molecule has 3 aliphatic rings. The summed E-state index contributed by atoms with van der Waals surface area (Å²) in [6.07, 6.45) is 1.14. The van der Waals surface area contributed by atoms with Crippen LogP contribution in [0.4, 0.5) is 0 Å². The first-order chi connectivity index (χ1) is 14.0. The number of rotatable bonds is 5. The third-order valence-corrected chi connectivity index (χ3v) is 6.35. The van der Waals surface area contributed by atoms with Crippen LogP contribution in [0.3, 0.4) is 0 Å². The molecule has 0 aromatic carbocycles. The molecule has 0 saturated carbocycles. The normalized spacial score (nSPS) is 25.5. The SMILES string of the molecule is CNC(=O)CN(C)Cc1ccc2n(c1=O)C[C@H]1C[C@@H]2CN(C2COCCOC2)C1. The zero-order valence-corrected chi connectivity index (χ0v) is 17.4. The molecule has 0 spiro atoms. The summed E-state index contributed by atoms with van der Waals surface area (Å²) in [5.41, 5.74) is 1.99. The fraction of sp³-hybridized carbons (Fsp3) is 0.714. The minimum atomic E-state index is -0.0494. The third kappa shape index (κ3) is 4.55. The third-order valence-electron chi connectivity index (χ3n) is 6.35. The van der Waals surface area contributed by atoms with Crippen LogP contribution in [0.1, 0.15) is 23.6 Å². The second-order valence-corrected chi connectivity index (χ2v) is 8.60. The molecule has 0 aliphatic carbocycles. The monoisotopic (exact) mass is 404 g/mol. The lowest BCUT2D eigenvalue weighted by Crippen LogP contribution is -2.53. The number of pyridine rings is 1. The lowest BCUT2D eigenvalue weighted by molar-refractivity contribution is -0.121. The number of amides is 1. The Morgan fingerprint density at radius 1 is 1.21 bits per heavy atom. The number of nitrogens with zero attached hydrogens (tertiary/aromatic N) is 3. The van der Waals surface area contributed by atoms with Gasteiger partial charge in [-0.25, -0.2) is 0 Å². The van der Waals surface area contributed by atoms with Gasteiger partial charge in [-0.1, -0.05) is 6.07 Å². The van der Waals surface area contributed by atoms with Crippen molar-refractivity contribution in [2.75, 3.05) is 60.2 Å². The van der Waals surface area contributed by atoms with E-state index in [-0.39, 0.29) is 18.0 Å². The van der Waals surface area contributed by atoms with Crippen LogP contribution in [0.25, 0.3) is 0 Å². The molecule has 2 fully saturated rings. The number of ether oxygens (including phenoxy) is 2. The fourth-order valence-electron chi connectivity index (χ4n) is 4.93. The molecule has 29 heavy (non-hydrogen) atoms. The van der Waals surface area contributed by atoms with E-state index in [1.165, 1.54) is 0 Å². The number of carbonyl (C=O) groups excluding carboxylic acids is 1. The van der Waals surface area contributed by atoms with Gasteiger partial charge in [0.2, 0.25) is 5.91 Å². The molecule has 2 saturated heterocycles. The molecule has 0 radical (unpaired) electrons. The van der Waals surface area contributed by atoms with Crippen LogP contribution in [0.5, 0.6) is 0 Å². The molecule has 160 valence electrons. The summed E-state index contributed by atoms with van der Waals surface area (Å²) >= 11 is 0. The Balaban J connectivity index is 1.49. The zero-order chi connectivity index (χ0) is 20.4. The average molecular weight is 405 g/mol. The summed E-state index contributed by atoms with van der Waals surface area (Å²) in [5, 5.41) is 2.62. The highest BCUT2D eigenvalue weighted by atomic mass is 16.5. The van der Waals surface area contributed by atoms with Crippen LogP contribution < -0.4 is 10.9 Å². The summed E-state index contributed by atoms with van der Waals surface area (Å²) in [4.78, 5) is 29.1. The number of aromatic nitrogens is 1. The molecule has 1 amide bonds. The predicted molar refractivity (Wildman–Crippen MR) is 109 cm³/mol. The number of likely N-dealkylation sites (N-methyl/N-ethyl adjacent to an activating group) is 2. The Kier molecular flexibility index (Phi) is 6.34. The summed E-state index contributed by atoms with van der Waals surface area (Å²) < 4.78 is 13.4. The number of hydrogen-bond donors (Lipinski definition) is 1. The topological polar surface area (TPSA) is 76.0 Å². The summed E-state index contributed by atoms with van der Waals surface area (Å²) in [6, 6.07) is 4.37. The maximum Gasteiger partial charge on any atom is 0.255 e. The zero-order valence-electron chi connectivity index (χ0n) is 17.4. The first kappa shape index (κ1) is 20.5. The summed E-state index contributed by atoms with van der Waals surface area (Å²) in [7, 11) is 3.49. The van der Waals surface area contributed by atoms with Gasteiger partial charge >= 0.3 is 0 Å². The number of fused-ring (bicyclic) bond motifs is 4. The molecule has 4 rings (SSSR count). The van der Waals surface area contributed by atoms with Gasteiger partial charge in [-0.3, -0.25) is 19.4 Å². The van der Waals surface area contributed by atoms with Crippen molar-refractivity contribution in [1.29, 1.82) is 0 Å². The van der Waals surface area contributed by atoms with E-state index >= 15 is 0 Å². The van der Waals surface area contributed by atoms with Gasteiger partial charge in [0.05, 0.1) is 39.0 Å². The molecule has 3 aliphatic heterocycles. The standard InChI is InChI=1S/C21H32N4O4/c1-22-20(26)12-23(2)10-16-3-4-19-17-7-15(9-25(19)21(16)27)8-24(11-17)18-13-28-5-6-29-14-18/h3-4,15,17-18H,5-14H2,1-2H3,(H,22,26)/t15-,17+/m0/s1. The van der Waals surface area contributed by atoms with Crippen molar-refractivity contribution in [3.05, 3.63) is 33.7 Å². The van der Waals surface area contributed by atoms with E-state index in [0.29, 0.717) is 37.6 Å². The van der Waals surface area contributed by atoms with E-state index in [2.05, 4.69) is 16.3 Å². The van der Waals surface area contributed by atoms with E-state index in [0.717, 1.165) is 50.5 Å². The van der Waals surface area contributed by atoms with Crippen LogP contribution in [0.15, 0.2) is 16.9 Å². The molecule has 1 aromatic rings. The van der Waals surface area contributed by atoms with Gasteiger partial charge in [0.25, 0.3) is 5.56 Å². The van der Waals surface area contributed by atoms with Crippen molar-refractivity contribution < 1.29 is 14.3 Å². The maximum atomic E-state index is 13.1. The second-order valence-electron chi connectivity index (χ2n) is 8.60. The van der Waals surface area contributed by atoms with E-state index in [1.807, 2.05) is 22.6 Å². The van der Waals surface area contributed by atoms with E-state index in [4.69, 9.17) is 9.47 Å². The number of hydrogen-bond acceptors (Lipinski definition) is 6. The van der Waals surface area contributed by atoms with Gasteiger partial charge < -0.3 is 19.4 Å². The van der Waals surface area contributed by atoms with Crippen molar-refractivity contribution in [3.63, 3.8) is 0 Å².